The molecule has 1 aliphatic heterocycles. The number of nitrogens with zero attached hydrogens (tertiary/aromatic N) is 2. The Labute approximate surface area is 177 Å². The molecule has 1 unspecified atom stereocenters. The summed E-state index contributed by atoms with van der Waals surface area (Å²) in [4.78, 5) is 18.3. The number of sulfonamides is 1. The average molecular weight is 450 g/mol. The molecule has 2 heterocycles. The maximum atomic E-state index is 12.7. The molecule has 150 valence electrons. The van der Waals surface area contributed by atoms with Crippen molar-refractivity contribution in [2.75, 3.05) is 16.2 Å². The van der Waals surface area contributed by atoms with E-state index in [1.807, 2.05) is 0 Å². The Morgan fingerprint density at radius 3 is 2.52 bits per heavy atom. The van der Waals surface area contributed by atoms with E-state index in [-0.39, 0.29) is 10.8 Å². The fourth-order valence-corrected chi connectivity index (χ4v) is 4.86. The van der Waals surface area contributed by atoms with Gasteiger partial charge in [0, 0.05) is 35.3 Å². The minimum Gasteiger partial charge on any atom is -0.481 e. The number of aromatic nitrogens is 1. The molecule has 0 spiro atoms. The molecule has 0 radical (unpaired) electrons. The second kappa shape index (κ2) is 8.02. The van der Waals surface area contributed by atoms with Crippen LogP contribution in [-0.4, -0.2) is 32.0 Å². The van der Waals surface area contributed by atoms with Crippen molar-refractivity contribution in [1.82, 2.24) is 4.98 Å². The lowest BCUT2D eigenvalue weighted by Gasteiger charge is -2.18. The third kappa shape index (κ3) is 4.36. The topological polar surface area (TPSA) is 88.6 Å². The van der Waals surface area contributed by atoms with E-state index >= 15 is 0 Å². The molecule has 29 heavy (non-hydrogen) atoms. The monoisotopic (exact) mass is 449 g/mol. The second-order valence-corrected chi connectivity index (χ2v) is 9.29. The average Bonchev–Trinajstić information content (AvgIpc) is 3.34. The first-order valence-electron chi connectivity index (χ1n) is 8.68. The van der Waals surface area contributed by atoms with E-state index in [4.69, 9.17) is 16.3 Å². The molecule has 1 atom stereocenters. The summed E-state index contributed by atoms with van der Waals surface area (Å²) in [5, 5.41) is 2.57. The Bertz CT molecular complexity index is 1100. The van der Waals surface area contributed by atoms with E-state index in [1.54, 1.807) is 46.7 Å². The lowest BCUT2D eigenvalue weighted by Crippen LogP contribution is -2.32. The molecule has 1 aliphatic rings. The van der Waals surface area contributed by atoms with Crippen LogP contribution in [0, 0.1) is 0 Å². The summed E-state index contributed by atoms with van der Waals surface area (Å²) in [6.45, 7) is 0.487. The van der Waals surface area contributed by atoms with E-state index in [9.17, 15) is 13.2 Å². The number of benzene rings is 2. The van der Waals surface area contributed by atoms with Crippen molar-refractivity contribution in [1.29, 1.82) is 0 Å². The number of hydrogen-bond donors (Lipinski definition) is 1. The van der Waals surface area contributed by atoms with Crippen molar-refractivity contribution in [3.8, 4) is 5.75 Å². The molecule has 7 nitrogen and oxygen atoms in total. The summed E-state index contributed by atoms with van der Waals surface area (Å²) in [6, 6.07) is 13.0. The van der Waals surface area contributed by atoms with Crippen molar-refractivity contribution >= 4 is 49.7 Å². The molecular weight excluding hydrogens is 434 g/mol. The summed E-state index contributed by atoms with van der Waals surface area (Å²) in [5.41, 5.74) is 0.616. The van der Waals surface area contributed by atoms with Gasteiger partial charge < -0.3 is 9.64 Å². The highest BCUT2D eigenvalue weighted by Gasteiger charge is 2.34. The molecule has 10 heteroatoms. The Morgan fingerprint density at radius 2 is 1.86 bits per heavy atom. The van der Waals surface area contributed by atoms with Crippen LogP contribution >= 0.6 is 22.9 Å². The number of anilines is 2. The number of halogens is 1. The van der Waals surface area contributed by atoms with Crippen LogP contribution in [0.2, 0.25) is 5.02 Å². The summed E-state index contributed by atoms with van der Waals surface area (Å²) in [6.07, 6.45) is 1.46. The number of nitrogens with one attached hydrogen (secondary N) is 1. The van der Waals surface area contributed by atoms with E-state index in [0.717, 1.165) is 0 Å². The molecule has 3 aromatic rings. The lowest BCUT2D eigenvalue weighted by molar-refractivity contribution is -0.122. The molecular formula is C19H16ClN3O4S2. The fourth-order valence-electron chi connectivity index (χ4n) is 2.95. The molecule has 1 N–H and O–H groups in total. The normalized spacial score (nSPS) is 16.8. The van der Waals surface area contributed by atoms with Crippen molar-refractivity contribution in [2.45, 2.75) is 17.4 Å². The first-order valence-corrected chi connectivity index (χ1v) is 11.4. The minimum absolute atomic E-state index is 0.0945. The molecule has 0 bridgehead atoms. The zero-order valence-corrected chi connectivity index (χ0v) is 17.4. The van der Waals surface area contributed by atoms with Crippen LogP contribution in [0.4, 0.5) is 10.8 Å². The van der Waals surface area contributed by atoms with Gasteiger partial charge in [0.05, 0.1) is 4.90 Å². The molecule has 1 saturated heterocycles. The Balaban J connectivity index is 1.45. The summed E-state index contributed by atoms with van der Waals surface area (Å²) < 4.78 is 33.0. The number of ether oxygens (including phenoxy) is 1. The maximum Gasteiger partial charge on any atom is 0.268 e. The van der Waals surface area contributed by atoms with Crippen LogP contribution in [0.25, 0.3) is 0 Å². The van der Waals surface area contributed by atoms with Crippen LogP contribution < -0.4 is 14.4 Å². The predicted molar refractivity (Wildman–Crippen MR) is 112 cm³/mol. The first-order chi connectivity index (χ1) is 13.9. The second-order valence-electron chi connectivity index (χ2n) is 6.28. The fraction of sp³-hybridized carbons (Fsp3) is 0.158. The van der Waals surface area contributed by atoms with E-state index < -0.39 is 16.1 Å². The van der Waals surface area contributed by atoms with Gasteiger partial charge >= 0.3 is 0 Å². The standard InChI is InChI=1S/C19H16ClN3O4S2/c20-13-1-5-15(6-2-13)27-17-9-11-23(18(17)24)14-3-7-16(8-4-14)29(25,26)22-19-21-10-12-28-19/h1-8,10,12,17H,9,11H2,(H,21,22). The number of amides is 1. The third-order valence-corrected chi connectivity index (χ3v) is 6.79. The van der Waals surface area contributed by atoms with Gasteiger partial charge in [0.25, 0.3) is 15.9 Å². The van der Waals surface area contributed by atoms with E-state index in [0.29, 0.717) is 34.6 Å². The van der Waals surface area contributed by atoms with E-state index in [2.05, 4.69) is 9.71 Å². The molecule has 1 aromatic heterocycles. The van der Waals surface area contributed by atoms with Gasteiger partial charge in [-0.3, -0.25) is 9.52 Å². The van der Waals surface area contributed by atoms with Crippen LogP contribution in [0.1, 0.15) is 6.42 Å². The van der Waals surface area contributed by atoms with Crippen LogP contribution in [0.15, 0.2) is 65.0 Å². The van der Waals surface area contributed by atoms with Crippen LogP contribution in [-0.2, 0) is 14.8 Å². The molecule has 4 rings (SSSR count). The number of rotatable bonds is 6. The highest BCUT2D eigenvalue weighted by molar-refractivity contribution is 7.93. The minimum atomic E-state index is -3.73. The predicted octanol–water partition coefficient (Wildman–Crippen LogP) is 3.78. The van der Waals surface area contributed by atoms with Crippen molar-refractivity contribution in [3.63, 3.8) is 0 Å². The number of carbonyl (C=O) groups is 1. The molecule has 1 fully saturated rings. The zero-order chi connectivity index (χ0) is 20.4. The molecule has 0 saturated carbocycles. The van der Waals surface area contributed by atoms with Gasteiger partial charge in [-0.2, -0.15) is 0 Å². The maximum absolute atomic E-state index is 12.7. The van der Waals surface area contributed by atoms with Crippen LogP contribution in [0.5, 0.6) is 5.75 Å². The Hall–Kier alpha value is -2.62. The molecule has 1 amide bonds. The number of thiazole rings is 1. The number of carbonyl (C=O) groups excluding carboxylic acids is 1. The quantitative estimate of drug-likeness (QED) is 0.618. The lowest BCUT2D eigenvalue weighted by atomic mass is 10.3. The highest BCUT2D eigenvalue weighted by atomic mass is 35.5. The van der Waals surface area contributed by atoms with Crippen molar-refractivity contribution in [3.05, 3.63) is 65.1 Å². The summed E-state index contributed by atoms with van der Waals surface area (Å²) >= 11 is 7.06. The van der Waals surface area contributed by atoms with Gasteiger partial charge in [-0.1, -0.05) is 11.6 Å². The van der Waals surface area contributed by atoms with Crippen molar-refractivity contribution in [2.24, 2.45) is 0 Å². The smallest absolute Gasteiger partial charge is 0.268 e. The Kier molecular flexibility index (Phi) is 5.44. The first kappa shape index (κ1) is 19.7. The zero-order valence-electron chi connectivity index (χ0n) is 15.0. The van der Waals surface area contributed by atoms with Gasteiger partial charge in [-0.15, -0.1) is 11.3 Å². The highest BCUT2D eigenvalue weighted by Crippen LogP contribution is 2.27. The van der Waals surface area contributed by atoms with Crippen LogP contribution in [0.3, 0.4) is 0 Å². The number of hydrogen-bond acceptors (Lipinski definition) is 6. The Morgan fingerprint density at radius 1 is 1.14 bits per heavy atom. The van der Waals surface area contributed by atoms with Gasteiger partial charge in [-0.05, 0) is 48.5 Å². The molecule has 2 aromatic carbocycles. The van der Waals surface area contributed by atoms with Crippen molar-refractivity contribution < 1.29 is 17.9 Å². The SMILES string of the molecule is O=C1C(Oc2ccc(Cl)cc2)CCN1c1ccc(S(=O)(=O)Nc2nccs2)cc1. The summed E-state index contributed by atoms with van der Waals surface area (Å²) in [7, 11) is -3.73. The van der Waals surface area contributed by atoms with Gasteiger partial charge in [-0.25, -0.2) is 13.4 Å². The van der Waals surface area contributed by atoms with E-state index in [1.165, 1.54) is 29.7 Å². The third-order valence-electron chi connectivity index (χ3n) is 4.36. The van der Waals surface area contributed by atoms with Gasteiger partial charge in [0.1, 0.15) is 5.75 Å². The largest absolute Gasteiger partial charge is 0.481 e. The van der Waals surface area contributed by atoms with Gasteiger partial charge in [0.15, 0.2) is 11.2 Å². The molecule has 0 aliphatic carbocycles. The summed E-state index contributed by atoms with van der Waals surface area (Å²) in [5.74, 6) is 0.403. The van der Waals surface area contributed by atoms with Gasteiger partial charge in [0.2, 0.25) is 0 Å².